The summed E-state index contributed by atoms with van der Waals surface area (Å²) in [6.07, 6.45) is 0.298. The van der Waals surface area contributed by atoms with Crippen LogP contribution in [-0.2, 0) is 19.6 Å². The van der Waals surface area contributed by atoms with Gasteiger partial charge in [-0.3, -0.25) is 9.69 Å². The molecule has 11 heteroatoms. The van der Waals surface area contributed by atoms with Crippen LogP contribution in [-0.4, -0.2) is 56.5 Å². The number of amides is 3. The van der Waals surface area contributed by atoms with E-state index in [2.05, 4.69) is 10.0 Å². The summed E-state index contributed by atoms with van der Waals surface area (Å²) in [5.74, 6) is -1.55. The third-order valence-corrected chi connectivity index (χ3v) is 6.11. The number of ether oxygens (including phenoxy) is 1. The number of nitrogens with one attached hydrogen (secondary N) is 2. The van der Waals surface area contributed by atoms with E-state index in [0.29, 0.717) is 6.54 Å². The Morgan fingerprint density at radius 1 is 1.37 bits per heavy atom. The van der Waals surface area contributed by atoms with Gasteiger partial charge in [-0.05, 0) is 38.0 Å². The van der Waals surface area contributed by atoms with Gasteiger partial charge in [-0.2, -0.15) is 0 Å². The lowest BCUT2D eigenvalue weighted by atomic mass is 10.2. The van der Waals surface area contributed by atoms with Gasteiger partial charge in [0, 0.05) is 19.1 Å². The van der Waals surface area contributed by atoms with Crippen LogP contribution in [0.25, 0.3) is 0 Å². The van der Waals surface area contributed by atoms with Crippen LogP contribution >= 0.6 is 11.6 Å². The molecule has 1 atom stereocenters. The number of hydrogen-bond donors (Lipinski definition) is 2. The predicted octanol–water partition coefficient (Wildman–Crippen LogP) is 0.878. The maximum absolute atomic E-state index is 12.4. The Morgan fingerprint density at radius 2 is 2.07 bits per heavy atom. The minimum Gasteiger partial charge on any atom is -0.449 e. The van der Waals surface area contributed by atoms with E-state index in [1.165, 1.54) is 19.1 Å². The molecule has 2 aliphatic rings. The average Bonchev–Trinajstić information content (AvgIpc) is 3.30. The Hall–Kier alpha value is -2.17. The van der Waals surface area contributed by atoms with E-state index in [4.69, 9.17) is 16.3 Å². The lowest BCUT2D eigenvalue weighted by Crippen LogP contribution is -2.41. The molecule has 3 amide bonds. The quantitative estimate of drug-likeness (QED) is 0.665. The molecule has 2 fully saturated rings. The molecule has 1 aliphatic heterocycles. The molecule has 9 nitrogen and oxygen atoms in total. The van der Waals surface area contributed by atoms with Crippen molar-refractivity contribution >= 4 is 39.5 Å². The second-order valence-electron chi connectivity index (χ2n) is 6.31. The van der Waals surface area contributed by atoms with Gasteiger partial charge in [0.15, 0.2) is 6.10 Å². The van der Waals surface area contributed by atoms with Gasteiger partial charge < -0.3 is 10.1 Å². The topological polar surface area (TPSA) is 122 Å². The number of imide groups is 1. The summed E-state index contributed by atoms with van der Waals surface area (Å²) < 4.78 is 32.3. The first kappa shape index (κ1) is 19.6. The number of nitrogens with zero attached hydrogens (tertiary/aromatic N) is 1. The van der Waals surface area contributed by atoms with Gasteiger partial charge >= 0.3 is 12.0 Å². The van der Waals surface area contributed by atoms with Crippen LogP contribution in [0.4, 0.5) is 4.79 Å². The van der Waals surface area contributed by atoms with E-state index in [-0.39, 0.29) is 28.1 Å². The van der Waals surface area contributed by atoms with Crippen LogP contribution in [0.5, 0.6) is 0 Å². The van der Waals surface area contributed by atoms with Crippen molar-refractivity contribution in [2.45, 2.75) is 36.8 Å². The summed E-state index contributed by atoms with van der Waals surface area (Å²) in [7, 11) is -3.87. The molecule has 1 saturated heterocycles. The number of sulfonamides is 1. The Kier molecular flexibility index (Phi) is 5.41. The van der Waals surface area contributed by atoms with Crippen LogP contribution in [0.3, 0.4) is 0 Å². The molecule has 1 aliphatic carbocycles. The molecule has 27 heavy (non-hydrogen) atoms. The first-order valence-corrected chi connectivity index (χ1v) is 10.2. The monoisotopic (exact) mass is 415 g/mol. The Morgan fingerprint density at radius 3 is 2.67 bits per heavy atom. The van der Waals surface area contributed by atoms with Crippen molar-refractivity contribution in [3.8, 4) is 0 Å². The highest BCUT2D eigenvalue weighted by Gasteiger charge is 2.33. The third-order valence-electron chi connectivity index (χ3n) is 4.11. The predicted molar refractivity (Wildman–Crippen MR) is 94.8 cm³/mol. The molecule has 146 valence electrons. The maximum Gasteiger partial charge on any atom is 0.338 e. The normalized spacial score (nSPS) is 18.1. The highest BCUT2D eigenvalue weighted by atomic mass is 35.5. The SMILES string of the molecule is C[C@@H](OC(=O)c1ccc(Cl)c(S(=O)(=O)NC2CC2)c1)C(=O)N1CCNC1=O. The number of rotatable bonds is 6. The molecular weight excluding hydrogens is 398 g/mol. The van der Waals surface area contributed by atoms with E-state index in [1.54, 1.807) is 0 Å². The van der Waals surface area contributed by atoms with Gasteiger partial charge in [0.2, 0.25) is 10.0 Å². The van der Waals surface area contributed by atoms with Crippen LogP contribution in [0.2, 0.25) is 5.02 Å². The molecule has 2 N–H and O–H groups in total. The first-order valence-electron chi connectivity index (χ1n) is 8.31. The fraction of sp³-hybridized carbons (Fsp3) is 0.438. The van der Waals surface area contributed by atoms with E-state index in [9.17, 15) is 22.8 Å². The summed E-state index contributed by atoms with van der Waals surface area (Å²) in [6.45, 7) is 1.86. The van der Waals surface area contributed by atoms with E-state index in [0.717, 1.165) is 23.8 Å². The molecule has 0 radical (unpaired) electrons. The van der Waals surface area contributed by atoms with Crippen molar-refractivity contribution in [1.29, 1.82) is 0 Å². The third kappa shape index (κ3) is 4.40. The molecular formula is C16H18ClN3O6S. The summed E-state index contributed by atoms with van der Waals surface area (Å²) in [5, 5.41) is 2.45. The zero-order valence-electron chi connectivity index (χ0n) is 14.4. The molecule has 1 aromatic carbocycles. The minimum absolute atomic E-state index is 0.0300. The van der Waals surface area contributed by atoms with Crippen LogP contribution in [0.1, 0.15) is 30.1 Å². The number of carbonyl (C=O) groups is 3. The summed E-state index contributed by atoms with van der Waals surface area (Å²) in [6, 6.07) is 3.02. The van der Waals surface area contributed by atoms with Crippen molar-refractivity contribution in [3.05, 3.63) is 28.8 Å². The second kappa shape index (κ2) is 7.45. The summed E-state index contributed by atoms with van der Waals surface area (Å²) in [5.41, 5.74) is -0.0684. The highest BCUT2D eigenvalue weighted by molar-refractivity contribution is 7.89. The van der Waals surface area contributed by atoms with E-state index < -0.39 is 34.0 Å². The average molecular weight is 416 g/mol. The maximum atomic E-state index is 12.4. The number of carbonyl (C=O) groups excluding carboxylic acids is 3. The van der Waals surface area contributed by atoms with Gasteiger partial charge in [-0.15, -0.1) is 0 Å². The number of halogens is 1. The Bertz CT molecular complexity index is 899. The number of benzene rings is 1. The highest BCUT2D eigenvalue weighted by Crippen LogP contribution is 2.27. The lowest BCUT2D eigenvalue weighted by molar-refractivity contribution is -0.136. The molecule has 0 spiro atoms. The van der Waals surface area contributed by atoms with Crippen molar-refractivity contribution in [2.75, 3.05) is 13.1 Å². The number of hydrogen-bond acceptors (Lipinski definition) is 6. The van der Waals surface area contributed by atoms with Gasteiger partial charge in [-0.25, -0.2) is 22.7 Å². The molecule has 3 rings (SSSR count). The van der Waals surface area contributed by atoms with Gasteiger partial charge in [-0.1, -0.05) is 11.6 Å². The van der Waals surface area contributed by atoms with Crippen molar-refractivity contribution < 1.29 is 27.5 Å². The van der Waals surface area contributed by atoms with E-state index >= 15 is 0 Å². The van der Waals surface area contributed by atoms with Crippen LogP contribution in [0.15, 0.2) is 23.1 Å². The Balaban J connectivity index is 1.73. The van der Waals surface area contributed by atoms with Gasteiger partial charge in [0.05, 0.1) is 10.6 Å². The Labute approximate surface area is 161 Å². The standard InChI is InChI=1S/C16H18ClN3O6S/c1-9(14(21)20-7-6-18-16(20)23)26-15(22)10-2-5-12(17)13(8-10)27(24,25)19-11-3-4-11/h2,5,8-9,11,19H,3-4,6-7H2,1H3,(H,18,23)/t9-/m1/s1. The van der Waals surface area contributed by atoms with Crippen LogP contribution < -0.4 is 10.0 Å². The lowest BCUT2D eigenvalue weighted by Gasteiger charge is -2.18. The van der Waals surface area contributed by atoms with E-state index in [1.807, 2.05) is 0 Å². The number of esters is 1. The minimum atomic E-state index is -3.87. The van der Waals surface area contributed by atoms with Crippen molar-refractivity contribution in [3.63, 3.8) is 0 Å². The largest absolute Gasteiger partial charge is 0.449 e. The van der Waals surface area contributed by atoms with Gasteiger partial charge in [0.1, 0.15) is 4.90 Å². The second-order valence-corrected chi connectivity index (χ2v) is 8.40. The zero-order chi connectivity index (χ0) is 19.8. The van der Waals surface area contributed by atoms with Crippen LogP contribution in [0, 0.1) is 0 Å². The molecule has 0 bridgehead atoms. The smallest absolute Gasteiger partial charge is 0.338 e. The van der Waals surface area contributed by atoms with Crippen molar-refractivity contribution in [1.82, 2.24) is 14.9 Å². The fourth-order valence-corrected chi connectivity index (χ4v) is 4.33. The molecule has 1 aromatic rings. The van der Waals surface area contributed by atoms with Gasteiger partial charge in [0.25, 0.3) is 5.91 Å². The van der Waals surface area contributed by atoms with Crippen molar-refractivity contribution in [2.24, 2.45) is 0 Å². The first-order chi connectivity index (χ1) is 12.7. The zero-order valence-corrected chi connectivity index (χ0v) is 16.0. The summed E-state index contributed by atoms with van der Waals surface area (Å²) >= 11 is 5.97. The molecule has 0 aromatic heterocycles. The molecule has 0 unspecified atom stereocenters. The molecule has 1 heterocycles. The molecule has 1 saturated carbocycles. The fourth-order valence-electron chi connectivity index (χ4n) is 2.50. The number of urea groups is 1. The summed E-state index contributed by atoms with van der Waals surface area (Å²) in [4.78, 5) is 36.8.